The highest BCUT2D eigenvalue weighted by Crippen LogP contribution is 2.33. The summed E-state index contributed by atoms with van der Waals surface area (Å²) in [6.45, 7) is 4.50. The second-order valence-electron chi connectivity index (χ2n) is 6.68. The van der Waals surface area contributed by atoms with Crippen molar-refractivity contribution < 1.29 is 9.32 Å². The molecule has 5 heteroatoms. The Hall–Kier alpha value is -2.69. The van der Waals surface area contributed by atoms with Gasteiger partial charge < -0.3 is 9.42 Å². The van der Waals surface area contributed by atoms with E-state index in [0.29, 0.717) is 17.0 Å². The summed E-state index contributed by atoms with van der Waals surface area (Å²) in [7, 11) is 0. The predicted octanol–water partition coefficient (Wildman–Crippen LogP) is 4.21. The first-order valence-corrected chi connectivity index (χ1v) is 8.74. The first kappa shape index (κ1) is 15.8. The number of amides is 1. The number of fused-ring (bicyclic) bond motifs is 1. The SMILES string of the molecule is Cc1cc(C(=O)N2CCCC[C@H]2c2ccccc2)c2c(C)noc2n1. The smallest absolute Gasteiger partial charge is 0.258 e. The van der Waals surface area contributed by atoms with E-state index in [2.05, 4.69) is 22.3 Å². The number of carbonyl (C=O) groups is 1. The van der Waals surface area contributed by atoms with Crippen LogP contribution in [0.15, 0.2) is 40.9 Å². The number of pyridine rings is 1. The normalized spacial score (nSPS) is 17.8. The summed E-state index contributed by atoms with van der Waals surface area (Å²) in [5.41, 5.74) is 3.75. The summed E-state index contributed by atoms with van der Waals surface area (Å²) in [6.07, 6.45) is 3.16. The Kier molecular flexibility index (Phi) is 3.99. The highest BCUT2D eigenvalue weighted by Gasteiger charge is 2.30. The second kappa shape index (κ2) is 6.31. The topological polar surface area (TPSA) is 59.2 Å². The van der Waals surface area contributed by atoms with Gasteiger partial charge in [0.2, 0.25) is 0 Å². The summed E-state index contributed by atoms with van der Waals surface area (Å²) in [5.74, 6) is 0.0374. The van der Waals surface area contributed by atoms with Crippen molar-refractivity contribution in [3.05, 3.63) is 58.9 Å². The zero-order valence-corrected chi connectivity index (χ0v) is 14.5. The maximum absolute atomic E-state index is 13.4. The molecular formula is C20H21N3O2. The molecule has 1 aliphatic rings. The predicted molar refractivity (Wildman–Crippen MR) is 95.3 cm³/mol. The van der Waals surface area contributed by atoms with Gasteiger partial charge in [0.1, 0.15) is 0 Å². The zero-order chi connectivity index (χ0) is 17.4. The molecule has 0 N–H and O–H groups in total. The molecule has 1 aromatic carbocycles. The molecule has 5 nitrogen and oxygen atoms in total. The summed E-state index contributed by atoms with van der Waals surface area (Å²) >= 11 is 0. The molecule has 2 aromatic heterocycles. The van der Waals surface area contributed by atoms with Crippen molar-refractivity contribution in [2.75, 3.05) is 6.54 Å². The van der Waals surface area contributed by atoms with Gasteiger partial charge in [0, 0.05) is 12.2 Å². The van der Waals surface area contributed by atoms with E-state index < -0.39 is 0 Å². The van der Waals surface area contributed by atoms with E-state index in [0.717, 1.165) is 36.9 Å². The molecule has 0 bridgehead atoms. The van der Waals surface area contributed by atoms with Crippen molar-refractivity contribution >= 4 is 17.0 Å². The van der Waals surface area contributed by atoms with Crippen LogP contribution in [0.5, 0.6) is 0 Å². The Morgan fingerprint density at radius 2 is 2.00 bits per heavy atom. The monoisotopic (exact) mass is 335 g/mol. The van der Waals surface area contributed by atoms with Crippen molar-refractivity contribution in [3.63, 3.8) is 0 Å². The lowest BCUT2D eigenvalue weighted by molar-refractivity contribution is 0.0613. The third-order valence-electron chi connectivity index (χ3n) is 4.92. The number of carbonyl (C=O) groups excluding carboxylic acids is 1. The van der Waals surface area contributed by atoms with Gasteiger partial charge in [-0.25, -0.2) is 4.98 Å². The third-order valence-corrected chi connectivity index (χ3v) is 4.92. The highest BCUT2D eigenvalue weighted by molar-refractivity contribution is 6.06. The van der Waals surface area contributed by atoms with Crippen molar-refractivity contribution in [1.82, 2.24) is 15.0 Å². The van der Waals surface area contributed by atoms with E-state index in [-0.39, 0.29) is 11.9 Å². The van der Waals surface area contributed by atoms with Gasteiger partial charge in [-0.3, -0.25) is 4.79 Å². The summed E-state index contributed by atoms with van der Waals surface area (Å²) < 4.78 is 5.29. The van der Waals surface area contributed by atoms with E-state index in [1.165, 1.54) is 5.56 Å². The van der Waals surface area contributed by atoms with Crippen molar-refractivity contribution in [1.29, 1.82) is 0 Å². The molecule has 1 amide bonds. The molecule has 0 unspecified atom stereocenters. The molecule has 0 radical (unpaired) electrons. The maximum atomic E-state index is 13.4. The van der Waals surface area contributed by atoms with Gasteiger partial charge in [-0.05, 0) is 44.7 Å². The van der Waals surface area contributed by atoms with E-state index in [1.807, 2.05) is 43.0 Å². The minimum absolute atomic E-state index is 0.0374. The Balaban J connectivity index is 1.78. The van der Waals surface area contributed by atoms with Crippen LogP contribution in [0.4, 0.5) is 0 Å². The molecule has 0 saturated carbocycles. The number of aryl methyl sites for hydroxylation is 2. The van der Waals surface area contributed by atoms with Crippen LogP contribution in [0, 0.1) is 13.8 Å². The molecule has 1 saturated heterocycles. The van der Waals surface area contributed by atoms with Gasteiger partial charge in [0.25, 0.3) is 11.6 Å². The van der Waals surface area contributed by atoms with E-state index >= 15 is 0 Å². The van der Waals surface area contributed by atoms with Crippen molar-refractivity contribution in [2.24, 2.45) is 0 Å². The van der Waals surface area contributed by atoms with Crippen molar-refractivity contribution in [2.45, 2.75) is 39.2 Å². The lowest BCUT2D eigenvalue weighted by Crippen LogP contribution is -2.38. The van der Waals surface area contributed by atoms with Gasteiger partial charge in [-0.1, -0.05) is 35.5 Å². The number of rotatable bonds is 2. The highest BCUT2D eigenvalue weighted by atomic mass is 16.5. The molecular weight excluding hydrogens is 314 g/mol. The Morgan fingerprint density at radius 1 is 1.20 bits per heavy atom. The van der Waals surface area contributed by atoms with E-state index in [4.69, 9.17) is 4.52 Å². The first-order valence-electron chi connectivity index (χ1n) is 8.74. The standard InChI is InChI=1S/C20H21N3O2/c1-13-12-16(18-14(2)22-25-19(18)21-13)20(24)23-11-7-6-10-17(23)15-8-4-3-5-9-15/h3-5,8-9,12,17H,6-7,10-11H2,1-2H3/t17-/m0/s1. The van der Waals surface area contributed by atoms with Crippen LogP contribution in [0.1, 0.15) is 52.6 Å². The molecule has 0 spiro atoms. The maximum Gasteiger partial charge on any atom is 0.258 e. The number of likely N-dealkylation sites (tertiary alicyclic amines) is 1. The number of aromatic nitrogens is 2. The summed E-state index contributed by atoms with van der Waals surface area (Å²) in [4.78, 5) is 19.8. The number of piperidine rings is 1. The average molecular weight is 335 g/mol. The number of nitrogens with zero attached hydrogens (tertiary/aromatic N) is 3. The number of hydrogen-bond acceptors (Lipinski definition) is 4. The lowest BCUT2D eigenvalue weighted by atomic mass is 9.94. The summed E-state index contributed by atoms with van der Waals surface area (Å²) in [5, 5.41) is 4.72. The fourth-order valence-corrected chi connectivity index (χ4v) is 3.74. The molecule has 128 valence electrons. The van der Waals surface area contributed by atoms with Crippen LogP contribution in [0.2, 0.25) is 0 Å². The van der Waals surface area contributed by atoms with Gasteiger partial charge in [0.15, 0.2) is 0 Å². The molecule has 1 aliphatic heterocycles. The first-order chi connectivity index (χ1) is 12.1. The van der Waals surface area contributed by atoms with Crippen LogP contribution in [0.3, 0.4) is 0 Å². The Morgan fingerprint density at radius 3 is 2.80 bits per heavy atom. The largest absolute Gasteiger partial charge is 0.336 e. The van der Waals surface area contributed by atoms with Crippen LogP contribution in [0.25, 0.3) is 11.1 Å². The fourth-order valence-electron chi connectivity index (χ4n) is 3.74. The van der Waals surface area contributed by atoms with Gasteiger partial charge >= 0.3 is 0 Å². The zero-order valence-electron chi connectivity index (χ0n) is 14.5. The van der Waals surface area contributed by atoms with Crippen LogP contribution >= 0.6 is 0 Å². The van der Waals surface area contributed by atoms with Gasteiger partial charge in [-0.15, -0.1) is 0 Å². The number of benzene rings is 1. The lowest BCUT2D eigenvalue weighted by Gasteiger charge is -2.36. The van der Waals surface area contributed by atoms with E-state index in [1.54, 1.807) is 0 Å². The Bertz CT molecular complexity index is 917. The molecule has 25 heavy (non-hydrogen) atoms. The second-order valence-corrected chi connectivity index (χ2v) is 6.68. The molecule has 0 aliphatic carbocycles. The minimum atomic E-state index is 0.0374. The molecule has 4 rings (SSSR count). The molecule has 1 fully saturated rings. The Labute approximate surface area is 146 Å². The van der Waals surface area contributed by atoms with Crippen LogP contribution < -0.4 is 0 Å². The van der Waals surface area contributed by atoms with Gasteiger partial charge in [0.05, 0.1) is 22.7 Å². The molecule has 3 aromatic rings. The minimum Gasteiger partial charge on any atom is -0.336 e. The average Bonchev–Trinajstić information content (AvgIpc) is 3.02. The van der Waals surface area contributed by atoms with E-state index in [9.17, 15) is 4.79 Å². The van der Waals surface area contributed by atoms with Gasteiger partial charge in [-0.2, -0.15) is 0 Å². The van der Waals surface area contributed by atoms with Crippen LogP contribution in [-0.4, -0.2) is 27.5 Å². The quantitative estimate of drug-likeness (QED) is 0.704. The van der Waals surface area contributed by atoms with Crippen molar-refractivity contribution in [3.8, 4) is 0 Å². The third kappa shape index (κ3) is 2.80. The molecule has 1 atom stereocenters. The summed E-state index contributed by atoms with van der Waals surface area (Å²) in [6, 6.07) is 12.3. The number of hydrogen-bond donors (Lipinski definition) is 0. The fraction of sp³-hybridized carbons (Fsp3) is 0.350. The van der Waals surface area contributed by atoms with Crippen LogP contribution in [-0.2, 0) is 0 Å². The molecule has 3 heterocycles.